The van der Waals surface area contributed by atoms with Gasteiger partial charge in [0.2, 0.25) is 5.91 Å². The van der Waals surface area contributed by atoms with Crippen molar-refractivity contribution in [3.8, 4) is 5.75 Å². The lowest BCUT2D eigenvalue weighted by Crippen LogP contribution is -2.50. The Morgan fingerprint density at radius 3 is 1.90 bits per heavy atom. The average Bonchev–Trinajstić information content (AvgIpc) is 2.35. The molecule has 1 amide bonds. The first kappa shape index (κ1) is 15.4. The number of amides is 1. The lowest BCUT2D eigenvalue weighted by Gasteiger charge is -2.27. The monoisotopic (exact) mass is 282 g/mol. The van der Waals surface area contributed by atoms with Gasteiger partial charge in [-0.2, -0.15) is 0 Å². The Morgan fingerprint density at radius 1 is 1.10 bits per heavy atom. The minimum absolute atomic E-state index is 0.259. The van der Waals surface area contributed by atoms with Gasteiger partial charge in [0.05, 0.1) is 0 Å². The van der Waals surface area contributed by atoms with Crippen LogP contribution < -0.4 is 15.8 Å². The third-order valence-electron chi connectivity index (χ3n) is 2.37. The quantitative estimate of drug-likeness (QED) is 0.537. The fourth-order valence-corrected chi connectivity index (χ4v) is 1.24. The maximum Gasteiger partial charge on any atom is 0.414 e. The van der Waals surface area contributed by atoms with Gasteiger partial charge in [0.1, 0.15) is 11.9 Å². The fraction of sp³-hybridized carbons (Fsp3) is 0.250. The summed E-state index contributed by atoms with van der Waals surface area (Å²) in [4.78, 5) is 29.0. The van der Waals surface area contributed by atoms with Crippen molar-refractivity contribution in [1.82, 2.24) is 5.32 Å². The third kappa shape index (κ3) is 4.94. The van der Waals surface area contributed by atoms with Crippen LogP contribution in [0.25, 0.3) is 0 Å². The second-order valence-corrected chi connectivity index (χ2v) is 3.90. The molecule has 2 rings (SSSR count). The van der Waals surface area contributed by atoms with Crippen LogP contribution in [0.1, 0.15) is 10.4 Å². The molecule has 8 heteroatoms. The number of benzene rings is 1. The van der Waals surface area contributed by atoms with E-state index in [2.05, 4.69) is 5.32 Å². The fourth-order valence-electron chi connectivity index (χ4n) is 1.24. The molecular formula is C12H14N2O6. The molecule has 1 saturated heterocycles. The zero-order chi connectivity index (χ0) is 15.1. The minimum Gasteiger partial charge on any atom is -0.488 e. The Labute approximate surface area is 114 Å². The van der Waals surface area contributed by atoms with Gasteiger partial charge in [-0.05, 0) is 24.3 Å². The first-order chi connectivity index (χ1) is 9.40. The van der Waals surface area contributed by atoms with Crippen molar-refractivity contribution in [2.75, 3.05) is 13.1 Å². The van der Waals surface area contributed by atoms with E-state index >= 15 is 0 Å². The number of hydrogen-bond donors (Lipinski definition) is 4. The van der Waals surface area contributed by atoms with Crippen LogP contribution in [0.2, 0.25) is 0 Å². The SMILES string of the molecule is NC(=O)c1ccc(OC2CNC2)cc1.O=C(O)C(=O)O. The van der Waals surface area contributed by atoms with E-state index in [0.717, 1.165) is 18.8 Å². The Hall–Kier alpha value is -2.61. The van der Waals surface area contributed by atoms with Crippen LogP contribution in [0.4, 0.5) is 0 Å². The van der Waals surface area contributed by atoms with E-state index in [9.17, 15) is 4.79 Å². The summed E-state index contributed by atoms with van der Waals surface area (Å²) in [6, 6.07) is 6.87. The molecule has 0 spiro atoms. The van der Waals surface area contributed by atoms with E-state index in [-0.39, 0.29) is 6.10 Å². The lowest BCUT2D eigenvalue weighted by molar-refractivity contribution is -0.159. The number of primary amides is 1. The third-order valence-corrected chi connectivity index (χ3v) is 2.37. The topological polar surface area (TPSA) is 139 Å². The molecule has 108 valence electrons. The summed E-state index contributed by atoms with van der Waals surface area (Å²) >= 11 is 0. The Kier molecular flexibility index (Phi) is 5.48. The maximum absolute atomic E-state index is 10.8. The summed E-state index contributed by atoms with van der Waals surface area (Å²) in [6.45, 7) is 1.77. The smallest absolute Gasteiger partial charge is 0.414 e. The van der Waals surface area contributed by atoms with Crippen LogP contribution in [0.5, 0.6) is 5.75 Å². The summed E-state index contributed by atoms with van der Waals surface area (Å²) in [5.74, 6) is -3.28. The molecule has 5 N–H and O–H groups in total. The van der Waals surface area contributed by atoms with Crippen LogP contribution in [-0.4, -0.2) is 47.3 Å². The first-order valence-corrected chi connectivity index (χ1v) is 5.63. The molecule has 0 unspecified atom stereocenters. The van der Waals surface area contributed by atoms with Crippen molar-refractivity contribution in [1.29, 1.82) is 0 Å². The standard InChI is InChI=1S/C10H12N2O2.C2H2O4/c11-10(13)7-1-3-8(4-2-7)14-9-5-12-6-9;3-1(4)2(5)6/h1-4,9,12H,5-6H2,(H2,11,13);(H,3,4)(H,5,6). The van der Waals surface area contributed by atoms with Gasteiger partial charge in [-0.25, -0.2) is 9.59 Å². The van der Waals surface area contributed by atoms with Crippen molar-refractivity contribution in [2.45, 2.75) is 6.10 Å². The number of ether oxygens (including phenoxy) is 1. The summed E-state index contributed by atoms with van der Waals surface area (Å²) in [5, 5.41) is 17.9. The molecule has 0 saturated carbocycles. The molecule has 0 aromatic heterocycles. The van der Waals surface area contributed by atoms with Crippen molar-refractivity contribution in [2.24, 2.45) is 5.73 Å². The van der Waals surface area contributed by atoms with Crippen LogP contribution in [-0.2, 0) is 9.59 Å². The zero-order valence-corrected chi connectivity index (χ0v) is 10.4. The van der Waals surface area contributed by atoms with Gasteiger partial charge >= 0.3 is 11.9 Å². The number of rotatable bonds is 3. The Balaban J connectivity index is 0.000000286. The van der Waals surface area contributed by atoms with Gasteiger partial charge in [0.15, 0.2) is 0 Å². The van der Waals surface area contributed by atoms with Crippen molar-refractivity contribution >= 4 is 17.8 Å². The highest BCUT2D eigenvalue weighted by atomic mass is 16.5. The van der Waals surface area contributed by atoms with Crippen LogP contribution in [0.15, 0.2) is 24.3 Å². The summed E-state index contributed by atoms with van der Waals surface area (Å²) in [6.07, 6.45) is 0.259. The minimum atomic E-state index is -1.82. The molecule has 20 heavy (non-hydrogen) atoms. The Morgan fingerprint density at radius 2 is 1.60 bits per heavy atom. The second kappa shape index (κ2) is 7.10. The van der Waals surface area contributed by atoms with Gasteiger partial charge in [-0.15, -0.1) is 0 Å². The highest BCUT2D eigenvalue weighted by Crippen LogP contribution is 2.14. The summed E-state index contributed by atoms with van der Waals surface area (Å²) in [7, 11) is 0. The maximum atomic E-state index is 10.8. The number of hydrogen-bond acceptors (Lipinski definition) is 5. The zero-order valence-electron chi connectivity index (χ0n) is 10.4. The van der Waals surface area contributed by atoms with E-state index in [4.69, 9.17) is 30.3 Å². The number of carboxylic acids is 2. The van der Waals surface area contributed by atoms with Crippen LogP contribution in [0.3, 0.4) is 0 Å². The molecule has 8 nitrogen and oxygen atoms in total. The van der Waals surface area contributed by atoms with Crippen molar-refractivity contribution < 1.29 is 29.3 Å². The highest BCUT2D eigenvalue weighted by Gasteiger charge is 2.17. The van der Waals surface area contributed by atoms with Gasteiger partial charge in [-0.1, -0.05) is 0 Å². The van der Waals surface area contributed by atoms with Crippen LogP contribution >= 0.6 is 0 Å². The van der Waals surface area contributed by atoms with E-state index in [1.807, 2.05) is 0 Å². The molecule has 0 bridgehead atoms. The van der Waals surface area contributed by atoms with E-state index in [1.165, 1.54) is 0 Å². The molecule has 0 radical (unpaired) electrons. The normalized spacial score (nSPS) is 13.4. The molecule has 1 aromatic rings. The van der Waals surface area contributed by atoms with Crippen molar-refractivity contribution in [3.05, 3.63) is 29.8 Å². The average molecular weight is 282 g/mol. The first-order valence-electron chi connectivity index (χ1n) is 5.63. The molecule has 1 aliphatic heterocycles. The molecular weight excluding hydrogens is 268 g/mol. The number of carboxylic acid groups (broad SMARTS) is 2. The van der Waals surface area contributed by atoms with Crippen LogP contribution in [0, 0.1) is 0 Å². The van der Waals surface area contributed by atoms with Gasteiger partial charge in [-0.3, -0.25) is 4.79 Å². The second-order valence-electron chi connectivity index (χ2n) is 3.90. The van der Waals surface area contributed by atoms with E-state index < -0.39 is 17.8 Å². The van der Waals surface area contributed by atoms with E-state index in [1.54, 1.807) is 24.3 Å². The van der Waals surface area contributed by atoms with Gasteiger partial charge in [0.25, 0.3) is 0 Å². The molecule has 0 aliphatic carbocycles. The number of nitrogens with two attached hydrogens (primary N) is 1. The predicted molar refractivity (Wildman–Crippen MR) is 67.5 cm³/mol. The largest absolute Gasteiger partial charge is 0.488 e. The summed E-state index contributed by atoms with van der Waals surface area (Å²) < 4.78 is 5.57. The Bertz CT molecular complexity index is 483. The molecule has 1 heterocycles. The molecule has 0 atom stereocenters. The lowest BCUT2D eigenvalue weighted by atomic mass is 10.2. The van der Waals surface area contributed by atoms with E-state index in [0.29, 0.717) is 5.56 Å². The highest BCUT2D eigenvalue weighted by molar-refractivity contribution is 6.27. The van der Waals surface area contributed by atoms with Gasteiger partial charge in [0, 0.05) is 18.7 Å². The number of carbonyl (C=O) groups excluding carboxylic acids is 1. The number of nitrogens with one attached hydrogen (secondary N) is 1. The predicted octanol–water partition coefficient (Wildman–Crippen LogP) is -0.708. The van der Waals surface area contributed by atoms with Crippen molar-refractivity contribution in [3.63, 3.8) is 0 Å². The summed E-state index contributed by atoms with van der Waals surface area (Å²) in [5.41, 5.74) is 5.62. The molecule has 1 aliphatic rings. The molecule has 1 aromatic carbocycles. The number of aliphatic carboxylic acids is 2. The molecule has 1 fully saturated rings. The van der Waals surface area contributed by atoms with Gasteiger partial charge < -0.3 is 26.0 Å². The number of carbonyl (C=O) groups is 3.